The van der Waals surface area contributed by atoms with Gasteiger partial charge in [-0.15, -0.1) is 11.3 Å². The summed E-state index contributed by atoms with van der Waals surface area (Å²) in [5, 5.41) is 3.50. The minimum atomic E-state index is -0.568. The molecule has 2 aromatic heterocycles. The number of fused-ring (bicyclic) bond motifs is 2. The Bertz CT molecular complexity index is 1100. The first kappa shape index (κ1) is 21.4. The first-order chi connectivity index (χ1) is 15.0. The van der Waals surface area contributed by atoms with Crippen molar-refractivity contribution in [2.45, 2.75) is 31.4 Å². The van der Waals surface area contributed by atoms with Crippen LogP contribution in [0.1, 0.15) is 34.1 Å². The number of hydrogen-bond acceptors (Lipinski definition) is 9. The Morgan fingerprint density at radius 2 is 2.06 bits per heavy atom. The van der Waals surface area contributed by atoms with Crippen molar-refractivity contribution in [3.63, 3.8) is 0 Å². The van der Waals surface area contributed by atoms with Crippen LogP contribution in [0.2, 0.25) is 0 Å². The molecule has 1 N–H and O–H groups in total. The summed E-state index contributed by atoms with van der Waals surface area (Å²) in [5.74, 6) is -1.56. The van der Waals surface area contributed by atoms with Gasteiger partial charge in [0.15, 0.2) is 12.2 Å². The second kappa shape index (κ2) is 9.52. The van der Waals surface area contributed by atoms with E-state index in [0.717, 1.165) is 41.5 Å². The van der Waals surface area contributed by atoms with E-state index >= 15 is 0 Å². The number of anilines is 1. The molecule has 1 aliphatic rings. The van der Waals surface area contributed by atoms with E-state index in [1.165, 1.54) is 11.3 Å². The van der Waals surface area contributed by atoms with Crippen LogP contribution in [-0.2, 0) is 31.9 Å². The number of nitrogens with zero attached hydrogens (tertiary/aromatic N) is 1. The van der Waals surface area contributed by atoms with Gasteiger partial charge in [0.2, 0.25) is 0 Å². The van der Waals surface area contributed by atoms with Gasteiger partial charge in [-0.05, 0) is 43.9 Å². The lowest BCUT2D eigenvalue weighted by atomic mass is 10.1. The Balaban J connectivity index is 1.30. The molecule has 31 heavy (non-hydrogen) atoms. The molecule has 1 amide bonds. The number of aromatic nitrogens is 1. The van der Waals surface area contributed by atoms with Gasteiger partial charge in [-0.3, -0.25) is 9.59 Å². The number of rotatable bonds is 8. The molecule has 0 fully saturated rings. The number of carbonyl (C=O) groups is 3. The summed E-state index contributed by atoms with van der Waals surface area (Å²) in [6.45, 7) is 1.55. The largest absolute Gasteiger partial charge is 0.462 e. The molecule has 0 radical (unpaired) electrons. The number of thiophene rings is 1. The normalized spacial score (nSPS) is 12.5. The minimum absolute atomic E-state index is 0.0402. The average molecular weight is 461 g/mol. The fourth-order valence-corrected chi connectivity index (χ4v) is 5.23. The fourth-order valence-electron chi connectivity index (χ4n) is 3.30. The molecular formula is C21H20N2O6S2. The molecule has 1 aliphatic carbocycles. The lowest BCUT2D eigenvalue weighted by molar-refractivity contribution is -0.144. The van der Waals surface area contributed by atoms with Gasteiger partial charge in [0.25, 0.3) is 11.1 Å². The molecule has 1 aromatic carbocycles. The van der Waals surface area contributed by atoms with Crippen molar-refractivity contribution >= 4 is 57.0 Å². The second-order valence-corrected chi connectivity index (χ2v) is 8.76. The summed E-state index contributed by atoms with van der Waals surface area (Å²) >= 11 is 2.47. The van der Waals surface area contributed by atoms with Gasteiger partial charge in [0.05, 0.1) is 12.2 Å². The van der Waals surface area contributed by atoms with Crippen LogP contribution in [0.25, 0.3) is 11.1 Å². The molecule has 2 heterocycles. The van der Waals surface area contributed by atoms with Crippen molar-refractivity contribution in [1.29, 1.82) is 0 Å². The van der Waals surface area contributed by atoms with Crippen LogP contribution in [0.15, 0.2) is 33.9 Å². The second-order valence-electron chi connectivity index (χ2n) is 6.73. The van der Waals surface area contributed by atoms with Crippen molar-refractivity contribution in [2.24, 2.45) is 0 Å². The molecule has 162 valence electrons. The number of para-hydroxylation sites is 2. The van der Waals surface area contributed by atoms with E-state index in [4.69, 9.17) is 13.9 Å². The van der Waals surface area contributed by atoms with Crippen molar-refractivity contribution in [3.05, 3.63) is 40.3 Å². The van der Waals surface area contributed by atoms with Gasteiger partial charge < -0.3 is 19.2 Å². The summed E-state index contributed by atoms with van der Waals surface area (Å²) in [5.41, 5.74) is 2.71. The third-order valence-corrected chi connectivity index (χ3v) is 6.61. The summed E-state index contributed by atoms with van der Waals surface area (Å²) in [6, 6.07) is 7.29. The number of ether oxygens (including phenoxy) is 2. The number of aryl methyl sites for hydroxylation is 1. The van der Waals surface area contributed by atoms with Gasteiger partial charge in [0, 0.05) is 4.88 Å². The molecular weight excluding hydrogens is 440 g/mol. The molecule has 4 rings (SSSR count). The Kier molecular flexibility index (Phi) is 6.57. The van der Waals surface area contributed by atoms with Crippen LogP contribution in [0.4, 0.5) is 5.00 Å². The van der Waals surface area contributed by atoms with E-state index < -0.39 is 24.5 Å². The highest BCUT2D eigenvalue weighted by Crippen LogP contribution is 2.39. The molecule has 10 heteroatoms. The van der Waals surface area contributed by atoms with Crippen LogP contribution < -0.4 is 5.32 Å². The molecule has 0 aliphatic heterocycles. The molecule has 0 saturated heterocycles. The van der Waals surface area contributed by atoms with Gasteiger partial charge >= 0.3 is 11.9 Å². The smallest absolute Gasteiger partial charge is 0.341 e. The molecule has 0 spiro atoms. The van der Waals surface area contributed by atoms with Gasteiger partial charge in [-0.1, -0.05) is 23.9 Å². The quantitative estimate of drug-likeness (QED) is 0.399. The molecule has 8 nitrogen and oxygen atoms in total. The molecule has 0 saturated carbocycles. The van der Waals surface area contributed by atoms with Crippen LogP contribution in [0.3, 0.4) is 0 Å². The lowest BCUT2D eigenvalue weighted by Crippen LogP contribution is -2.22. The summed E-state index contributed by atoms with van der Waals surface area (Å²) in [6.07, 6.45) is 2.65. The van der Waals surface area contributed by atoms with Gasteiger partial charge in [0.1, 0.15) is 16.3 Å². The van der Waals surface area contributed by atoms with E-state index in [1.54, 1.807) is 13.0 Å². The maximum Gasteiger partial charge on any atom is 0.341 e. The number of oxazole rings is 1. The summed E-state index contributed by atoms with van der Waals surface area (Å²) < 4.78 is 15.7. The predicted molar refractivity (Wildman–Crippen MR) is 117 cm³/mol. The zero-order chi connectivity index (χ0) is 21.8. The fraction of sp³-hybridized carbons (Fsp3) is 0.333. The molecule has 0 unspecified atom stereocenters. The van der Waals surface area contributed by atoms with E-state index in [-0.39, 0.29) is 12.4 Å². The molecule has 3 aromatic rings. The SMILES string of the molecule is CCOC(=O)c1c(NC(=O)COC(=O)CSc2nc3ccccc3o2)sc2c1CCC2. The van der Waals surface area contributed by atoms with Crippen LogP contribution >= 0.6 is 23.1 Å². The maximum absolute atomic E-state index is 12.3. The average Bonchev–Trinajstić information content (AvgIpc) is 3.44. The topological polar surface area (TPSA) is 108 Å². The number of carbonyl (C=O) groups excluding carboxylic acids is 3. The highest BCUT2D eigenvalue weighted by atomic mass is 32.2. The molecule has 0 bridgehead atoms. The van der Waals surface area contributed by atoms with Crippen molar-refractivity contribution in [3.8, 4) is 0 Å². The first-order valence-electron chi connectivity index (χ1n) is 9.80. The number of nitrogens with one attached hydrogen (secondary N) is 1. The minimum Gasteiger partial charge on any atom is -0.462 e. The van der Waals surface area contributed by atoms with Crippen molar-refractivity contribution in [1.82, 2.24) is 4.98 Å². The zero-order valence-electron chi connectivity index (χ0n) is 16.8. The van der Waals surface area contributed by atoms with Crippen LogP contribution in [0.5, 0.6) is 0 Å². The van der Waals surface area contributed by atoms with E-state index in [2.05, 4.69) is 10.3 Å². The number of thioether (sulfide) groups is 1. The Morgan fingerprint density at radius 1 is 1.23 bits per heavy atom. The first-order valence-corrected chi connectivity index (χ1v) is 11.6. The van der Waals surface area contributed by atoms with E-state index in [1.807, 2.05) is 18.2 Å². The Hall–Kier alpha value is -2.85. The Labute approximate surface area is 186 Å². The highest BCUT2D eigenvalue weighted by molar-refractivity contribution is 7.99. The standard InChI is InChI=1S/C21H20N2O6S2/c1-2-27-20(26)18-12-6-5-9-15(12)31-19(18)23-16(24)10-28-17(25)11-30-21-22-13-7-3-4-8-14(13)29-21/h3-4,7-8H,2,5-6,9-11H2,1H3,(H,23,24). The Morgan fingerprint density at radius 3 is 2.87 bits per heavy atom. The van der Waals surface area contributed by atoms with Crippen molar-refractivity contribution < 1.29 is 28.3 Å². The van der Waals surface area contributed by atoms with Gasteiger partial charge in [-0.2, -0.15) is 0 Å². The number of esters is 2. The summed E-state index contributed by atoms with van der Waals surface area (Å²) in [4.78, 5) is 42.0. The van der Waals surface area contributed by atoms with Crippen LogP contribution in [-0.4, -0.2) is 41.8 Å². The maximum atomic E-state index is 12.3. The summed E-state index contributed by atoms with van der Waals surface area (Å²) in [7, 11) is 0. The number of hydrogen-bond donors (Lipinski definition) is 1. The zero-order valence-corrected chi connectivity index (χ0v) is 18.4. The predicted octanol–water partition coefficient (Wildman–Crippen LogP) is 3.83. The third-order valence-electron chi connectivity index (χ3n) is 4.61. The number of benzene rings is 1. The highest BCUT2D eigenvalue weighted by Gasteiger charge is 2.28. The lowest BCUT2D eigenvalue weighted by Gasteiger charge is -2.08. The van der Waals surface area contributed by atoms with Crippen LogP contribution in [0, 0.1) is 0 Å². The van der Waals surface area contributed by atoms with Crippen molar-refractivity contribution in [2.75, 3.05) is 24.3 Å². The third kappa shape index (κ3) is 4.91. The monoisotopic (exact) mass is 460 g/mol. The van der Waals surface area contributed by atoms with Gasteiger partial charge in [-0.25, -0.2) is 9.78 Å². The van der Waals surface area contributed by atoms with E-state index in [9.17, 15) is 14.4 Å². The molecule has 0 atom stereocenters. The van der Waals surface area contributed by atoms with E-state index in [0.29, 0.717) is 26.9 Å². The number of amides is 1.